The number of benzene rings is 2. The van der Waals surface area contributed by atoms with Crippen LogP contribution in [-0.2, 0) is 16.0 Å². The number of nitrogens with one attached hydrogen (secondary N) is 1. The van der Waals surface area contributed by atoms with E-state index >= 15 is 0 Å². The first-order valence-corrected chi connectivity index (χ1v) is 16.8. The molecule has 5 aromatic rings. The van der Waals surface area contributed by atoms with E-state index < -0.39 is 11.7 Å². The lowest BCUT2D eigenvalue weighted by Crippen LogP contribution is -2.31. The van der Waals surface area contributed by atoms with Gasteiger partial charge >= 0.3 is 11.7 Å². The molecule has 6 rings (SSSR count). The summed E-state index contributed by atoms with van der Waals surface area (Å²) in [6, 6.07) is 14.5. The fourth-order valence-electron chi connectivity index (χ4n) is 5.60. The second kappa shape index (κ2) is 13.3. The Hall–Kier alpha value is -5.14. The van der Waals surface area contributed by atoms with Crippen molar-refractivity contribution in [2.24, 2.45) is 0 Å². The van der Waals surface area contributed by atoms with Crippen molar-refractivity contribution in [2.75, 3.05) is 30.1 Å². The highest BCUT2D eigenvalue weighted by Gasteiger charge is 2.28. The number of anilines is 2. The summed E-state index contributed by atoms with van der Waals surface area (Å²) in [5, 5.41) is 14.2. The van der Waals surface area contributed by atoms with Gasteiger partial charge in [-0.25, -0.2) is 19.7 Å². The third kappa shape index (κ3) is 6.86. The molecule has 1 aliphatic rings. The number of aliphatic carboxylic acids is 1. The predicted octanol–water partition coefficient (Wildman–Crippen LogP) is 5.18. The zero-order chi connectivity index (χ0) is 33.2. The molecule has 0 aliphatic heterocycles. The van der Waals surface area contributed by atoms with Crippen LogP contribution in [0.3, 0.4) is 0 Å². The molecule has 0 saturated heterocycles. The Bertz CT molecular complexity index is 2050. The largest absolute Gasteiger partial charge is 0.481 e. The van der Waals surface area contributed by atoms with Gasteiger partial charge in [0.05, 0.1) is 18.7 Å². The average molecular weight is 666 g/mol. The van der Waals surface area contributed by atoms with Gasteiger partial charge in [0.25, 0.3) is 0 Å². The van der Waals surface area contributed by atoms with Gasteiger partial charge in [0.15, 0.2) is 5.13 Å². The Kier molecular flexibility index (Phi) is 9.01. The molecule has 1 aliphatic carbocycles. The standard InChI is InChI=1S/C34H31N7O4S2/c1-19-5-9-24-21(11-19)7-8-22-12-20(2)6-10-25(22)31(24)26-15-41(34(45)39-32(26)46-4)28-14-27(35-18-36-28)40(3)16-29(42)38-33-37-23(17-47-33)13-30(43)44/h5-12,14-15,17-18,31H,13,16H2,1-4H3,(H,43,44)(H,37,38,42). The van der Waals surface area contributed by atoms with E-state index in [-0.39, 0.29) is 24.8 Å². The van der Waals surface area contributed by atoms with Crippen molar-refractivity contribution in [1.29, 1.82) is 0 Å². The Morgan fingerprint density at radius 3 is 2.32 bits per heavy atom. The lowest BCUT2D eigenvalue weighted by atomic mass is 9.83. The SMILES string of the molecule is CSc1nc(=O)n(-c2cc(N(C)CC(=O)Nc3nc(CC(=O)O)cs3)ncn2)cc1C1c2ccc(C)cc2C=Cc2cc(C)ccc21. The van der Waals surface area contributed by atoms with Crippen LogP contribution in [0.15, 0.2) is 70.2 Å². The highest BCUT2D eigenvalue weighted by atomic mass is 32.2. The number of aromatic nitrogens is 5. The quantitative estimate of drug-likeness (QED) is 0.157. The van der Waals surface area contributed by atoms with Crippen LogP contribution in [0.4, 0.5) is 10.9 Å². The van der Waals surface area contributed by atoms with E-state index in [2.05, 4.69) is 87.7 Å². The molecule has 0 radical (unpaired) electrons. The fourth-order valence-corrected chi connectivity index (χ4v) is 6.90. The number of hydrogen-bond acceptors (Lipinski definition) is 10. The highest BCUT2D eigenvalue weighted by Crippen LogP contribution is 2.42. The number of aryl methyl sites for hydroxylation is 2. The molecule has 11 nitrogen and oxygen atoms in total. The van der Waals surface area contributed by atoms with Crippen LogP contribution in [-0.4, -0.2) is 61.3 Å². The molecule has 1 amide bonds. The number of carbonyl (C=O) groups is 2. The van der Waals surface area contributed by atoms with Crippen LogP contribution in [0.5, 0.6) is 0 Å². The van der Waals surface area contributed by atoms with Gasteiger partial charge in [0.2, 0.25) is 5.91 Å². The molecule has 0 spiro atoms. The van der Waals surface area contributed by atoms with Gasteiger partial charge in [-0.1, -0.05) is 59.7 Å². The highest BCUT2D eigenvalue weighted by molar-refractivity contribution is 7.98. The van der Waals surface area contributed by atoms with E-state index in [1.165, 1.54) is 22.7 Å². The maximum Gasteiger partial charge on any atom is 0.354 e. The number of carboxylic acids is 1. The molecule has 3 heterocycles. The lowest BCUT2D eigenvalue weighted by molar-refractivity contribution is -0.136. The summed E-state index contributed by atoms with van der Waals surface area (Å²) >= 11 is 2.58. The van der Waals surface area contributed by atoms with Crippen molar-refractivity contribution in [3.05, 3.63) is 115 Å². The number of carbonyl (C=O) groups excluding carboxylic acids is 1. The first kappa shape index (κ1) is 31.8. The van der Waals surface area contributed by atoms with Crippen molar-refractivity contribution in [2.45, 2.75) is 31.2 Å². The number of thiazole rings is 1. The van der Waals surface area contributed by atoms with Gasteiger partial charge in [-0.15, -0.1) is 23.1 Å². The Morgan fingerprint density at radius 2 is 1.68 bits per heavy atom. The predicted molar refractivity (Wildman–Crippen MR) is 185 cm³/mol. The number of carboxylic acid groups (broad SMARTS) is 1. The molecule has 3 aromatic heterocycles. The van der Waals surface area contributed by atoms with E-state index in [9.17, 15) is 14.4 Å². The third-order valence-corrected chi connectivity index (χ3v) is 9.28. The van der Waals surface area contributed by atoms with E-state index in [0.717, 1.165) is 50.3 Å². The molecule has 0 unspecified atom stereocenters. The molecule has 47 heavy (non-hydrogen) atoms. The minimum atomic E-state index is -0.997. The second-order valence-electron chi connectivity index (χ2n) is 11.2. The minimum absolute atomic E-state index is 0.0738. The molecule has 0 saturated carbocycles. The van der Waals surface area contributed by atoms with Gasteiger partial charge in [-0.2, -0.15) is 4.98 Å². The molecular weight excluding hydrogens is 635 g/mol. The van der Waals surface area contributed by atoms with Crippen molar-refractivity contribution >= 4 is 58.1 Å². The van der Waals surface area contributed by atoms with Crippen molar-refractivity contribution in [3.8, 4) is 5.82 Å². The van der Waals surface area contributed by atoms with Crippen LogP contribution in [0.1, 0.15) is 50.6 Å². The maximum atomic E-state index is 13.5. The van der Waals surface area contributed by atoms with Crippen molar-refractivity contribution in [1.82, 2.24) is 24.5 Å². The summed E-state index contributed by atoms with van der Waals surface area (Å²) in [5.41, 5.74) is 7.50. The number of amides is 1. The smallest absolute Gasteiger partial charge is 0.354 e. The first-order chi connectivity index (χ1) is 22.6. The van der Waals surface area contributed by atoms with Crippen molar-refractivity contribution in [3.63, 3.8) is 0 Å². The molecule has 0 fully saturated rings. The normalized spacial score (nSPS) is 12.3. The van der Waals surface area contributed by atoms with Gasteiger partial charge in [0.1, 0.15) is 23.0 Å². The van der Waals surface area contributed by atoms with Crippen LogP contribution >= 0.6 is 23.1 Å². The average Bonchev–Trinajstić information content (AvgIpc) is 3.40. The molecule has 0 bridgehead atoms. The first-order valence-electron chi connectivity index (χ1n) is 14.7. The van der Waals surface area contributed by atoms with Crippen LogP contribution in [0, 0.1) is 13.8 Å². The Labute approximate surface area is 279 Å². The zero-order valence-corrected chi connectivity index (χ0v) is 27.7. The summed E-state index contributed by atoms with van der Waals surface area (Å²) in [6.07, 6.45) is 9.15. The second-order valence-corrected chi connectivity index (χ2v) is 12.9. The van der Waals surface area contributed by atoms with E-state index in [1.807, 2.05) is 12.5 Å². The molecule has 13 heteroatoms. The molecular formula is C34H31N7O4S2. The topological polar surface area (TPSA) is 143 Å². The maximum absolute atomic E-state index is 13.5. The lowest BCUT2D eigenvalue weighted by Gasteiger charge is -2.24. The summed E-state index contributed by atoms with van der Waals surface area (Å²) in [5.74, 6) is -0.833. The number of thioether (sulfide) groups is 1. The monoisotopic (exact) mass is 665 g/mol. The van der Waals surface area contributed by atoms with Gasteiger partial charge in [-0.05, 0) is 42.4 Å². The van der Waals surface area contributed by atoms with Crippen LogP contribution < -0.4 is 15.9 Å². The number of likely N-dealkylation sites (N-methyl/N-ethyl adjacent to an activating group) is 1. The van der Waals surface area contributed by atoms with Gasteiger partial charge in [0, 0.05) is 36.2 Å². The molecule has 238 valence electrons. The molecule has 0 atom stereocenters. The van der Waals surface area contributed by atoms with E-state index in [4.69, 9.17) is 5.11 Å². The number of fused-ring (bicyclic) bond motifs is 2. The van der Waals surface area contributed by atoms with E-state index in [1.54, 1.807) is 23.4 Å². The van der Waals surface area contributed by atoms with E-state index in [0.29, 0.717) is 27.5 Å². The third-order valence-electron chi connectivity index (χ3n) is 7.76. The summed E-state index contributed by atoms with van der Waals surface area (Å²) in [4.78, 5) is 56.2. The number of nitrogens with zero attached hydrogens (tertiary/aromatic N) is 6. The minimum Gasteiger partial charge on any atom is -0.481 e. The molecule has 2 N–H and O–H groups in total. The van der Waals surface area contributed by atoms with Gasteiger partial charge < -0.3 is 15.3 Å². The summed E-state index contributed by atoms with van der Waals surface area (Å²) < 4.78 is 1.42. The number of hydrogen-bond donors (Lipinski definition) is 2. The number of rotatable bonds is 9. The Morgan fingerprint density at radius 1 is 1.00 bits per heavy atom. The van der Waals surface area contributed by atoms with Gasteiger partial charge in [-0.3, -0.25) is 14.2 Å². The zero-order valence-electron chi connectivity index (χ0n) is 26.1. The van der Waals surface area contributed by atoms with Crippen LogP contribution in [0.2, 0.25) is 0 Å². The Balaban J connectivity index is 1.35. The molecule has 2 aromatic carbocycles. The summed E-state index contributed by atoms with van der Waals surface area (Å²) in [6.45, 7) is 4.07. The van der Waals surface area contributed by atoms with Crippen molar-refractivity contribution < 1.29 is 14.7 Å². The summed E-state index contributed by atoms with van der Waals surface area (Å²) in [7, 11) is 1.70. The van der Waals surface area contributed by atoms with Crippen LogP contribution in [0.25, 0.3) is 18.0 Å². The fraction of sp³-hybridized carbons (Fsp3) is 0.206.